The summed E-state index contributed by atoms with van der Waals surface area (Å²) in [6, 6.07) is 0. The van der Waals surface area contributed by atoms with Gasteiger partial charge in [0.25, 0.3) is 0 Å². The van der Waals surface area contributed by atoms with E-state index in [2.05, 4.69) is 5.43 Å². The Balaban J connectivity index is 2.18. The van der Waals surface area contributed by atoms with Gasteiger partial charge < -0.3 is 0 Å². The van der Waals surface area contributed by atoms with Crippen molar-refractivity contribution in [2.75, 3.05) is 13.1 Å². The van der Waals surface area contributed by atoms with Crippen molar-refractivity contribution in [3.63, 3.8) is 0 Å². The average Bonchev–Trinajstić information content (AvgIpc) is 1.86. The van der Waals surface area contributed by atoms with Crippen LogP contribution >= 0.6 is 0 Å². The van der Waals surface area contributed by atoms with Crippen molar-refractivity contribution in [3.8, 4) is 0 Å². The number of nitrogens with one attached hydrogen (secondary N) is 2. The smallest absolute Gasteiger partial charge is 0.141 e. The van der Waals surface area contributed by atoms with E-state index in [9.17, 15) is 0 Å². The summed E-state index contributed by atoms with van der Waals surface area (Å²) in [5.41, 5.74) is 4.18. The highest BCUT2D eigenvalue weighted by molar-refractivity contribution is 4.51. The van der Waals surface area contributed by atoms with Crippen LogP contribution in [0.3, 0.4) is 0 Å². The van der Waals surface area contributed by atoms with Gasteiger partial charge in [0.1, 0.15) is 1.41 Å². The molecule has 1 rings (SSSR count). The predicted molar refractivity (Wildman–Crippen MR) is 20.6 cm³/mol. The summed E-state index contributed by atoms with van der Waals surface area (Å²) in [4.78, 5) is 0. The van der Waals surface area contributed by atoms with E-state index >= 15 is 0 Å². The Hall–Kier alpha value is -0.0800. The molecule has 2 heteroatoms. The predicted octanol–water partition coefficient (Wildman–Crippen LogP) is -0.516. The molecule has 0 bridgehead atoms. The molecule has 5 heavy (non-hydrogen) atoms. The highest BCUT2D eigenvalue weighted by Gasteiger charge is 1.91. The van der Waals surface area contributed by atoms with E-state index in [0.717, 1.165) is 19.5 Å². The second-order valence-corrected chi connectivity index (χ2v) is 1.14. The average molecular weight is 73.1 g/mol. The molecule has 0 atom stereocenters. The van der Waals surface area contributed by atoms with Gasteiger partial charge in [-0.2, -0.15) is 0 Å². The molecular weight excluding hydrogens is 64.0 g/mol. The third-order valence-corrected chi connectivity index (χ3v) is 0.670. The van der Waals surface area contributed by atoms with Crippen molar-refractivity contribution < 1.29 is 1.41 Å². The molecule has 0 radical (unpaired) electrons. The van der Waals surface area contributed by atoms with Gasteiger partial charge in [0.05, 0.1) is 0 Å². The van der Waals surface area contributed by atoms with Crippen LogP contribution in [0.25, 0.3) is 0 Å². The normalized spacial score (nSPS) is 30.8. The minimum Gasteiger partial charge on any atom is -0.258 e. The molecule has 30 valence electrons. The summed E-state index contributed by atoms with van der Waals surface area (Å²) in [5, 5.41) is 0. The summed E-state index contributed by atoms with van der Waals surface area (Å²) in [5.74, 6) is 0. The largest absolute Gasteiger partial charge is 0.258 e. The van der Waals surface area contributed by atoms with Crippen LogP contribution in [0, 0.1) is 0 Å². The second-order valence-electron chi connectivity index (χ2n) is 1.14. The minimum absolute atomic E-state index is 0.875. The Morgan fingerprint density at radius 3 is 2.80 bits per heavy atom. The first-order valence-electron chi connectivity index (χ1n) is 2.34. The topological polar surface area (TPSA) is 24.1 Å². The molecule has 0 saturated carbocycles. The molecule has 0 aromatic carbocycles. The van der Waals surface area contributed by atoms with E-state index in [4.69, 9.17) is 1.41 Å². The first-order chi connectivity index (χ1) is 2.89. The highest BCUT2D eigenvalue weighted by Crippen LogP contribution is 1.74. The van der Waals surface area contributed by atoms with E-state index in [0.29, 0.717) is 0 Å². The van der Waals surface area contributed by atoms with E-state index in [1.165, 1.54) is 5.42 Å². The van der Waals surface area contributed by atoms with Gasteiger partial charge in [0.15, 0.2) is 0 Å². The molecule has 2 N–H and O–H groups in total. The van der Waals surface area contributed by atoms with Gasteiger partial charge in [0.2, 0.25) is 0 Å². The molecule has 0 spiro atoms. The van der Waals surface area contributed by atoms with Crippen molar-refractivity contribution >= 4 is 0 Å². The Bertz CT molecular complexity index is 42.1. The maximum absolute atomic E-state index is 6.85. The molecule has 2 nitrogen and oxygen atoms in total. The Labute approximate surface area is 33.0 Å². The van der Waals surface area contributed by atoms with Gasteiger partial charge in [-0.05, 0) is 6.42 Å². The van der Waals surface area contributed by atoms with Crippen molar-refractivity contribution in [2.24, 2.45) is 0 Å². The molecule has 0 unspecified atom stereocenters. The quantitative estimate of drug-likeness (QED) is 0.403. The second kappa shape index (κ2) is 1.38. The van der Waals surface area contributed by atoms with E-state index < -0.39 is 0 Å². The zero-order valence-corrected chi connectivity index (χ0v) is 3.07. The van der Waals surface area contributed by atoms with Crippen LogP contribution in [0.4, 0.5) is 0 Å². The molecular formula is C3H8N2. The van der Waals surface area contributed by atoms with Gasteiger partial charge in [-0.1, -0.05) is 0 Å². The Morgan fingerprint density at radius 2 is 2.60 bits per heavy atom. The minimum atomic E-state index is 0.875. The molecule has 1 aliphatic rings. The van der Waals surface area contributed by atoms with Crippen molar-refractivity contribution in [1.29, 1.82) is 0 Å². The fourth-order valence-electron chi connectivity index (χ4n) is 0.395. The van der Waals surface area contributed by atoms with E-state index in [-0.39, 0.29) is 0 Å². The first-order valence-corrected chi connectivity index (χ1v) is 1.89. The van der Waals surface area contributed by atoms with Crippen molar-refractivity contribution in [3.05, 3.63) is 0 Å². The highest BCUT2D eigenvalue weighted by atomic mass is 15.4. The standard InChI is InChI=1S/C3H8N2/c1-2-4-5-3-1/h4-5H,1-3H2/i/hD. The van der Waals surface area contributed by atoms with E-state index in [1.54, 1.807) is 0 Å². The summed E-state index contributed by atoms with van der Waals surface area (Å²) in [6.07, 6.45) is 1.11. The van der Waals surface area contributed by atoms with Crippen LogP contribution < -0.4 is 10.8 Å². The fourth-order valence-corrected chi connectivity index (χ4v) is 0.395. The number of rotatable bonds is 0. The van der Waals surface area contributed by atoms with Gasteiger partial charge >= 0.3 is 0 Å². The van der Waals surface area contributed by atoms with Crippen LogP contribution in [0.2, 0.25) is 1.41 Å². The lowest BCUT2D eigenvalue weighted by Crippen LogP contribution is -2.21. The molecule has 1 heterocycles. The van der Waals surface area contributed by atoms with E-state index in [1.807, 2.05) is 0 Å². The summed E-state index contributed by atoms with van der Waals surface area (Å²) in [6.45, 7) is 1.85. The maximum atomic E-state index is 6.85. The van der Waals surface area contributed by atoms with Crippen molar-refractivity contribution in [1.82, 2.24) is 10.8 Å². The molecule has 0 aliphatic carbocycles. The van der Waals surface area contributed by atoms with Gasteiger partial charge in [-0.3, -0.25) is 10.8 Å². The lowest BCUT2D eigenvalue weighted by atomic mass is 10.5. The molecule has 1 fully saturated rings. The molecule has 1 saturated heterocycles. The fraction of sp³-hybridized carbons (Fsp3) is 1.00. The van der Waals surface area contributed by atoms with Crippen LogP contribution in [0.1, 0.15) is 6.42 Å². The van der Waals surface area contributed by atoms with Gasteiger partial charge in [-0.15, -0.1) is 0 Å². The third kappa shape index (κ3) is 0.597. The maximum Gasteiger partial charge on any atom is 0.141 e. The number of hydrazine groups is 1. The zero-order chi connectivity index (χ0) is 4.41. The molecule has 1 aliphatic heterocycles. The van der Waals surface area contributed by atoms with Crippen LogP contribution in [0.5, 0.6) is 0 Å². The lowest BCUT2D eigenvalue weighted by Gasteiger charge is -1.81. The van der Waals surface area contributed by atoms with Crippen LogP contribution in [-0.4, -0.2) is 13.1 Å². The zero-order valence-electron chi connectivity index (χ0n) is 4.07. The number of hydrogen-bond donors (Lipinski definition) is 2. The summed E-state index contributed by atoms with van der Waals surface area (Å²) in [7, 11) is 0. The monoisotopic (exact) mass is 73.1 g/mol. The van der Waals surface area contributed by atoms with Crippen LogP contribution in [-0.2, 0) is 0 Å². The number of hydrogen-bond acceptors (Lipinski definition) is 2. The summed E-state index contributed by atoms with van der Waals surface area (Å²) < 4.78 is 6.85. The van der Waals surface area contributed by atoms with Gasteiger partial charge in [-0.25, -0.2) is 0 Å². The van der Waals surface area contributed by atoms with Crippen molar-refractivity contribution in [2.45, 2.75) is 6.42 Å². The Morgan fingerprint density at radius 1 is 1.60 bits per heavy atom. The Kier molecular flexibility index (Phi) is 0.596. The first kappa shape index (κ1) is 2.16. The lowest BCUT2D eigenvalue weighted by molar-refractivity contribution is 0.689. The summed E-state index contributed by atoms with van der Waals surface area (Å²) >= 11 is 0. The molecule has 0 aromatic rings. The van der Waals surface area contributed by atoms with Gasteiger partial charge in [0, 0.05) is 13.1 Å². The molecule has 0 aromatic heterocycles. The third-order valence-electron chi connectivity index (χ3n) is 0.670. The molecule has 0 amide bonds. The SMILES string of the molecule is [2H]N1CCCN1. The van der Waals surface area contributed by atoms with Crippen LogP contribution in [0.15, 0.2) is 0 Å².